The van der Waals surface area contributed by atoms with Gasteiger partial charge in [-0.3, -0.25) is 43.2 Å². The SMILES string of the molecule is CC(C)(C)OC(=O)N[C@H]1CCCCC/C=C\[C@@H]2C[C@@]2(C(=O)O)CC(=O)[C@@H]2C[C@@H](n3cnc4c(-c5nccs5)cc(-c5nccs5)cc43)CN2C1=O.Cc1cc(-c2nccs2)cc2c1ncn2[C@@H]1C[C@H]2C(=O)C[C@]3(C(=O)O)C[C@H]3/C=C\CCCCC[C@H](NC(=O)OC(C)(C)C)C(=O)N2C1.O=C(NC1CCCC1)N[C@H]1CCCCC/C=C\[C@@H]2C[C@@]2(C(=O)O)CC(=O)[C@@H]2C[C@@H](n3cnc4c(-c5nccs5)cc(-c5nccs5)cc43)CN2C1=O. The molecule has 11 aromatic rings. The largest absolute Gasteiger partial charge is 0.481 e. The number of fused-ring (bicyclic) bond motifs is 9. The second kappa shape index (κ2) is 44.6. The van der Waals surface area contributed by atoms with Crippen molar-refractivity contribution in [2.75, 3.05) is 19.6 Å². The molecular formula is C110H128N18O17S5. The minimum Gasteiger partial charge on any atom is -0.481 e. The molecule has 0 radical (unpaired) electrons. The van der Waals surface area contributed by atoms with E-state index in [1.807, 2.05) is 102 Å². The van der Waals surface area contributed by atoms with Gasteiger partial charge in [0.1, 0.15) is 54.4 Å². The third-order valence-corrected chi connectivity index (χ3v) is 35.3. The third kappa shape index (κ3) is 23.1. The molecule has 790 valence electrons. The van der Waals surface area contributed by atoms with Crippen LogP contribution in [0.15, 0.2) is 150 Å². The zero-order valence-electron chi connectivity index (χ0n) is 85.2. The first-order valence-electron chi connectivity index (χ1n) is 52.3. The number of alkyl carbamates (subject to hydrolysis) is 2. The summed E-state index contributed by atoms with van der Waals surface area (Å²) in [5.41, 5.74) is 5.38. The number of ketones is 3. The number of allylic oxidation sites excluding steroid dienone is 6. The molecule has 15 atom stereocenters. The van der Waals surface area contributed by atoms with E-state index < -0.39 is 93.8 Å². The Balaban J connectivity index is 0.000000141. The van der Waals surface area contributed by atoms with Crippen LogP contribution in [-0.2, 0) is 52.6 Å². The number of nitrogens with zero attached hydrogens (tertiary/aromatic N) is 14. The second-order valence-corrected chi connectivity index (χ2v) is 48.2. The number of nitrogens with one attached hydrogen (secondary N) is 4. The van der Waals surface area contributed by atoms with E-state index in [2.05, 4.69) is 64.4 Å². The van der Waals surface area contributed by atoms with E-state index in [0.29, 0.717) is 64.2 Å². The van der Waals surface area contributed by atoms with E-state index in [4.69, 9.17) is 24.4 Å². The summed E-state index contributed by atoms with van der Waals surface area (Å²) in [7, 11) is 0. The number of urea groups is 1. The molecule has 14 heterocycles. The molecule has 35 nitrogen and oxygen atoms in total. The number of thiazole rings is 5. The van der Waals surface area contributed by atoms with Gasteiger partial charge in [-0.25, -0.2) is 54.3 Å². The molecule has 40 heteroatoms. The predicted octanol–water partition coefficient (Wildman–Crippen LogP) is 19.6. The molecule has 6 aliphatic heterocycles. The van der Waals surface area contributed by atoms with Crippen molar-refractivity contribution in [3.05, 3.63) is 155 Å². The van der Waals surface area contributed by atoms with E-state index in [1.165, 1.54) is 45.3 Å². The summed E-state index contributed by atoms with van der Waals surface area (Å²) in [6.45, 7) is 13.2. The normalized spacial score (nSPS) is 27.4. The Morgan fingerprint density at radius 2 is 0.693 bits per heavy atom. The molecular weight excluding hydrogens is 2010 g/mol. The van der Waals surface area contributed by atoms with Crippen LogP contribution in [0, 0.1) is 40.9 Å². The van der Waals surface area contributed by atoms with Crippen molar-refractivity contribution in [1.82, 2.24) is 89.5 Å². The van der Waals surface area contributed by atoms with Gasteiger partial charge in [-0.05, 0) is 217 Å². The summed E-state index contributed by atoms with van der Waals surface area (Å²) >= 11 is 7.65. The van der Waals surface area contributed by atoms with Crippen molar-refractivity contribution < 1.29 is 82.3 Å². The first-order chi connectivity index (χ1) is 72.1. The smallest absolute Gasteiger partial charge is 0.408 e. The number of amides is 7. The highest BCUT2D eigenvalue weighted by Gasteiger charge is 2.64. The maximum Gasteiger partial charge on any atom is 0.408 e. The van der Waals surface area contributed by atoms with Crippen molar-refractivity contribution in [1.29, 1.82) is 0 Å². The Morgan fingerprint density at radius 3 is 1.02 bits per heavy atom. The average molecular weight is 2130 g/mol. The Labute approximate surface area is 888 Å². The van der Waals surface area contributed by atoms with Crippen LogP contribution in [0.3, 0.4) is 0 Å². The van der Waals surface area contributed by atoms with E-state index >= 15 is 0 Å². The lowest BCUT2D eigenvalue weighted by Crippen LogP contribution is -2.54. The Hall–Kier alpha value is -12.9. The van der Waals surface area contributed by atoms with Crippen LogP contribution < -0.4 is 21.3 Å². The minimum absolute atomic E-state index is 0.0893. The summed E-state index contributed by atoms with van der Waals surface area (Å²) in [6.07, 6.45) is 41.1. The fourth-order valence-electron chi connectivity index (χ4n) is 23.1. The predicted molar refractivity (Wildman–Crippen MR) is 571 cm³/mol. The number of Topliss-reactive ketones (excluding diaryl/α,β-unsaturated/α-hetero) is 3. The number of hydrogen-bond acceptors (Lipinski definition) is 27. The van der Waals surface area contributed by atoms with Gasteiger partial charge in [0, 0.05) is 131 Å². The van der Waals surface area contributed by atoms with Crippen molar-refractivity contribution in [2.45, 2.75) is 300 Å². The standard InChI is InChI=1S/C38H43N7O5S2.C37H42N6O6S2.C35H43N5O6S/c46-31-20-38(36(48)49)19-24(38)8-4-2-1-3-5-11-28(43-37(50)42-25-9-6-7-10-25)35(47)44-21-26(18-29(31)44)45-22-41-32-27(34-40-13-15-52-34)16-23(17-30(32)45)33-39-12-14-51-33;1-36(2,3)49-35(48)41-26-10-8-6-4-5-7-9-23-18-37(23,34(46)47)19-29(44)27-17-24(20-42(27)33(26)45)43-21-40-30-25(32-39-12-14-51-32)15-22(16-28(30)43)31-38-11-13-50-31;1-21-14-22(30-36-12-13-47-30)15-27-29(21)37-20-40(27)24-16-26-28(41)18-35(32(43)44)17-23(35)10-8-6-5-7-9-11-25(31(42)39(26)19-24)38-33(45)46-34(2,3)4/h4,8,12-17,22,24-26,28-29H,1-3,5-7,9-11,18-21H2,(H,48,49)(H2,42,43,50);7,9,11-16,21,23-24,26-27H,4-6,8,10,17-20H2,1-3H3,(H,41,48)(H,46,47);8,10,12-15,20,23-26H,5-7,9,11,16-19H2,1-4H3,(H,38,45)(H,43,44)/b8-4-;9-7-;10-8-/t24-,26-,28+,29+,38-;23-,24-,26+,27+,37-;23-,24-,25+,26+,35-/m111/s1. The number of carbonyl (C=O) groups excluding carboxylic acids is 9. The highest BCUT2D eigenvalue weighted by molar-refractivity contribution is 7.14. The molecule has 4 aliphatic carbocycles. The molecule has 0 bridgehead atoms. The maximum absolute atomic E-state index is 14.7. The summed E-state index contributed by atoms with van der Waals surface area (Å²) < 4.78 is 17.1. The van der Waals surface area contributed by atoms with Crippen LogP contribution in [0.5, 0.6) is 0 Å². The molecule has 7 fully saturated rings. The number of hydrogen-bond donors (Lipinski definition) is 7. The Bertz CT molecular complexity index is 6960. The first kappa shape index (κ1) is 106. The second-order valence-electron chi connectivity index (χ2n) is 43.8. The molecule has 3 saturated heterocycles. The quantitative estimate of drug-likeness (QED) is 0.0469. The Kier molecular flexibility index (Phi) is 31.3. The lowest BCUT2D eigenvalue weighted by atomic mass is 9.91. The van der Waals surface area contributed by atoms with Crippen LogP contribution in [0.2, 0.25) is 0 Å². The monoisotopic (exact) mass is 2130 g/mol. The van der Waals surface area contributed by atoms with Crippen LogP contribution in [0.25, 0.3) is 86.0 Å². The van der Waals surface area contributed by atoms with Crippen molar-refractivity contribution in [3.8, 4) is 52.9 Å². The highest BCUT2D eigenvalue weighted by Crippen LogP contribution is 2.60. The number of ether oxygens (including phenoxy) is 2. The number of carboxylic acid groups (broad SMARTS) is 3. The highest BCUT2D eigenvalue weighted by atomic mass is 32.1. The van der Waals surface area contributed by atoms with Gasteiger partial charge in [-0.15, -0.1) is 56.7 Å². The third-order valence-electron chi connectivity index (χ3n) is 31.2. The minimum atomic E-state index is -1.18. The molecule has 0 spiro atoms. The fraction of sp³-hybridized carbons (Fsp3) is 0.509. The van der Waals surface area contributed by atoms with Gasteiger partial charge >= 0.3 is 36.1 Å². The number of aryl methyl sites for hydroxylation is 1. The van der Waals surface area contributed by atoms with Gasteiger partial charge < -0.3 is 74.5 Å². The van der Waals surface area contributed by atoms with Crippen LogP contribution in [-0.4, -0.2) is 228 Å². The van der Waals surface area contributed by atoms with Gasteiger partial charge in [0.2, 0.25) is 17.7 Å². The van der Waals surface area contributed by atoms with E-state index in [0.717, 1.165) is 181 Å². The lowest BCUT2D eigenvalue weighted by Gasteiger charge is -2.30. The topological polar surface area (TPSA) is 460 Å². The van der Waals surface area contributed by atoms with Crippen LogP contribution in [0.1, 0.15) is 245 Å². The molecule has 10 aliphatic rings. The summed E-state index contributed by atoms with van der Waals surface area (Å²) in [5, 5.41) is 56.4. The van der Waals surface area contributed by atoms with Crippen LogP contribution in [0.4, 0.5) is 14.4 Å². The maximum atomic E-state index is 14.7. The molecule has 21 rings (SSSR count). The van der Waals surface area contributed by atoms with Gasteiger partial charge in [0.15, 0.2) is 17.3 Å². The lowest BCUT2D eigenvalue weighted by molar-refractivity contribution is -0.147. The molecule has 0 unspecified atom stereocenters. The number of carbonyl (C=O) groups is 12. The number of aliphatic carboxylic acids is 3. The van der Waals surface area contributed by atoms with E-state index in [-0.39, 0.29) is 128 Å². The summed E-state index contributed by atoms with van der Waals surface area (Å²) in [5.74, 6) is -5.42. The van der Waals surface area contributed by atoms with Gasteiger partial charge in [0.05, 0.1) is 105 Å². The zero-order valence-corrected chi connectivity index (χ0v) is 89.3. The fourth-order valence-corrected chi connectivity index (χ4v) is 26.3. The molecule has 7 amide bonds. The van der Waals surface area contributed by atoms with Gasteiger partial charge in [0.25, 0.3) is 0 Å². The molecule has 4 saturated carbocycles. The molecule has 3 aromatic carbocycles. The van der Waals surface area contributed by atoms with E-state index in [1.54, 1.807) is 118 Å². The average Bonchev–Trinajstić information content (AvgIpc) is 1.58. The number of imidazole rings is 3. The zero-order chi connectivity index (χ0) is 105. The summed E-state index contributed by atoms with van der Waals surface area (Å²) in [4.78, 5) is 205. The van der Waals surface area contributed by atoms with Gasteiger partial charge in [-0.2, -0.15) is 0 Å². The van der Waals surface area contributed by atoms with Gasteiger partial charge in [-0.1, -0.05) is 87.8 Å². The van der Waals surface area contributed by atoms with Crippen LogP contribution >= 0.6 is 56.7 Å². The number of aromatic nitrogens is 11. The number of benzene rings is 3. The molecule has 150 heavy (non-hydrogen) atoms. The Morgan fingerprint density at radius 1 is 0.380 bits per heavy atom. The van der Waals surface area contributed by atoms with Crippen molar-refractivity contribution >= 4 is 161 Å². The molecule has 7 N–H and O–H groups in total. The number of rotatable bonds is 15. The van der Waals surface area contributed by atoms with Crippen molar-refractivity contribution in [2.24, 2.45) is 34.0 Å². The number of carboxylic acids is 3. The summed E-state index contributed by atoms with van der Waals surface area (Å²) in [6, 6.07) is 5.88. The van der Waals surface area contributed by atoms with Crippen molar-refractivity contribution in [3.63, 3.8) is 0 Å². The first-order valence-corrected chi connectivity index (χ1v) is 56.7. The van der Waals surface area contributed by atoms with E-state index in [9.17, 15) is 72.9 Å². The molecule has 8 aromatic heterocycles.